The minimum absolute atomic E-state index is 0. The molecule has 0 saturated carbocycles. The summed E-state index contributed by atoms with van der Waals surface area (Å²) >= 11 is 0. The van der Waals surface area contributed by atoms with Crippen LogP contribution in [0.2, 0.25) is 0 Å². The van der Waals surface area contributed by atoms with Gasteiger partial charge in [0.1, 0.15) is 0 Å². The van der Waals surface area contributed by atoms with Crippen LogP contribution in [0.1, 0.15) is 0 Å². The Morgan fingerprint density at radius 3 is 2.57 bits per heavy atom. The van der Waals surface area contributed by atoms with Crippen molar-refractivity contribution in [2.45, 2.75) is 0 Å². The van der Waals surface area contributed by atoms with Crippen molar-refractivity contribution in [3.8, 4) is 0 Å². The summed E-state index contributed by atoms with van der Waals surface area (Å²) in [5.74, 6) is 0. The monoisotopic (exact) mass is 116 g/mol. The second-order valence-corrected chi connectivity index (χ2v) is 2.81. The van der Waals surface area contributed by atoms with Gasteiger partial charge in [-0.1, -0.05) is 0 Å². The minimum Gasteiger partial charge on any atom is -0.343 e. The zero-order valence-corrected chi connectivity index (χ0v) is 5.24. The van der Waals surface area contributed by atoms with Gasteiger partial charge in [-0.15, -0.1) is 0 Å². The van der Waals surface area contributed by atoms with Gasteiger partial charge in [-0.2, -0.15) is 0 Å². The highest BCUT2D eigenvalue weighted by Crippen LogP contribution is 2.29. The summed E-state index contributed by atoms with van der Waals surface area (Å²) < 4.78 is 5.11. The Labute approximate surface area is 47.1 Å². The van der Waals surface area contributed by atoms with Gasteiger partial charge in [0.15, 0.2) is 0 Å². The maximum Gasteiger partial charge on any atom is 0.0980 e. The standard InChI is InChI=1S/C3H8NOP.B/c1-6-4-2-3-5-6;/h4H,2-3H2,1H3;. The first kappa shape index (κ1) is 7.41. The van der Waals surface area contributed by atoms with E-state index in [-0.39, 0.29) is 16.7 Å². The molecular formula is C3H8BNOP. The zero-order chi connectivity index (χ0) is 4.41. The van der Waals surface area contributed by atoms with E-state index in [0.29, 0.717) is 0 Å². The number of hydrogen-bond donors (Lipinski definition) is 1. The van der Waals surface area contributed by atoms with Crippen LogP contribution in [0.5, 0.6) is 0 Å². The van der Waals surface area contributed by atoms with Crippen molar-refractivity contribution in [3.63, 3.8) is 0 Å². The lowest BCUT2D eigenvalue weighted by Gasteiger charge is -1.95. The maximum atomic E-state index is 5.11. The van der Waals surface area contributed by atoms with Crippen LogP contribution >= 0.6 is 8.30 Å². The Hall–Kier alpha value is 0.415. The molecule has 1 aliphatic heterocycles. The summed E-state index contributed by atoms with van der Waals surface area (Å²) in [6.45, 7) is 4.02. The van der Waals surface area contributed by atoms with Gasteiger partial charge >= 0.3 is 0 Å². The fourth-order valence-corrected chi connectivity index (χ4v) is 1.29. The van der Waals surface area contributed by atoms with Gasteiger partial charge in [-0.25, -0.2) is 0 Å². The first-order chi connectivity index (χ1) is 2.89. The zero-order valence-electron chi connectivity index (χ0n) is 4.35. The molecule has 1 atom stereocenters. The Morgan fingerprint density at radius 2 is 2.43 bits per heavy atom. The first-order valence-electron chi connectivity index (χ1n) is 2.00. The molecule has 7 heavy (non-hydrogen) atoms. The molecule has 0 aromatic heterocycles. The Balaban J connectivity index is 0.000000360. The predicted octanol–water partition coefficient (Wildman–Crippen LogP) is 0.167. The second kappa shape index (κ2) is 3.42. The third kappa shape index (κ3) is 2.27. The quantitative estimate of drug-likeness (QED) is 0.359. The molecule has 0 amide bonds. The SMILES string of the molecule is CP1NCCO1.[B]. The summed E-state index contributed by atoms with van der Waals surface area (Å²) in [6, 6.07) is 0. The van der Waals surface area contributed by atoms with Crippen molar-refractivity contribution in [1.29, 1.82) is 0 Å². The van der Waals surface area contributed by atoms with Gasteiger partial charge in [0, 0.05) is 15.0 Å². The van der Waals surface area contributed by atoms with Crippen molar-refractivity contribution in [2.75, 3.05) is 19.8 Å². The topological polar surface area (TPSA) is 21.3 Å². The van der Waals surface area contributed by atoms with E-state index in [1.165, 1.54) is 0 Å². The lowest BCUT2D eigenvalue weighted by molar-refractivity contribution is 0.400. The first-order valence-corrected chi connectivity index (χ1v) is 3.70. The highest BCUT2D eigenvalue weighted by molar-refractivity contribution is 7.49. The highest BCUT2D eigenvalue weighted by atomic mass is 31.2. The fraction of sp³-hybridized carbons (Fsp3) is 1.00. The molecule has 1 unspecified atom stereocenters. The van der Waals surface area contributed by atoms with Crippen LogP contribution in [-0.2, 0) is 4.52 Å². The van der Waals surface area contributed by atoms with E-state index in [4.69, 9.17) is 4.52 Å². The molecule has 1 aliphatic rings. The van der Waals surface area contributed by atoms with Crippen molar-refractivity contribution in [2.24, 2.45) is 0 Å². The fourth-order valence-electron chi connectivity index (χ4n) is 0.431. The molecule has 4 heteroatoms. The van der Waals surface area contributed by atoms with Crippen molar-refractivity contribution < 1.29 is 4.52 Å². The van der Waals surface area contributed by atoms with Crippen LogP contribution in [-0.4, -0.2) is 28.2 Å². The van der Waals surface area contributed by atoms with Gasteiger partial charge in [0.25, 0.3) is 0 Å². The van der Waals surface area contributed by atoms with E-state index >= 15 is 0 Å². The lowest BCUT2D eigenvalue weighted by Crippen LogP contribution is -1.98. The molecule has 1 heterocycles. The second-order valence-electron chi connectivity index (χ2n) is 1.24. The highest BCUT2D eigenvalue weighted by Gasteiger charge is 2.05. The number of rotatable bonds is 0. The van der Waals surface area contributed by atoms with Crippen LogP contribution in [0.15, 0.2) is 0 Å². The summed E-state index contributed by atoms with van der Waals surface area (Å²) in [5, 5.41) is 3.16. The molecule has 0 spiro atoms. The van der Waals surface area contributed by atoms with Gasteiger partial charge in [-0.3, -0.25) is 5.09 Å². The van der Waals surface area contributed by atoms with Crippen LogP contribution in [0, 0.1) is 0 Å². The molecule has 1 saturated heterocycles. The largest absolute Gasteiger partial charge is 0.343 e. The third-order valence-electron chi connectivity index (χ3n) is 0.721. The van der Waals surface area contributed by atoms with Crippen LogP contribution in [0.25, 0.3) is 0 Å². The van der Waals surface area contributed by atoms with Crippen molar-refractivity contribution in [1.82, 2.24) is 5.09 Å². The van der Waals surface area contributed by atoms with Gasteiger partial charge in [-0.05, 0) is 6.66 Å². The number of hydrogen-bond acceptors (Lipinski definition) is 2. The Bertz CT molecular complexity index is 48.2. The Morgan fingerprint density at radius 1 is 1.71 bits per heavy atom. The molecule has 2 nitrogen and oxygen atoms in total. The van der Waals surface area contributed by atoms with E-state index in [2.05, 4.69) is 11.8 Å². The molecular weight excluding hydrogens is 108 g/mol. The lowest BCUT2D eigenvalue weighted by atomic mass is 10.8. The van der Waals surface area contributed by atoms with Gasteiger partial charge < -0.3 is 4.52 Å². The van der Waals surface area contributed by atoms with E-state index < -0.39 is 0 Å². The minimum atomic E-state index is -0.215. The molecule has 39 valence electrons. The summed E-state index contributed by atoms with van der Waals surface area (Å²) in [5.41, 5.74) is 0. The van der Waals surface area contributed by atoms with Crippen molar-refractivity contribution >= 4 is 16.7 Å². The number of nitrogens with one attached hydrogen (secondary N) is 1. The molecule has 1 rings (SSSR count). The van der Waals surface area contributed by atoms with E-state index in [9.17, 15) is 0 Å². The predicted molar refractivity (Wildman–Crippen MR) is 32.6 cm³/mol. The molecule has 3 radical (unpaired) electrons. The molecule has 0 aromatic rings. The molecule has 1 fully saturated rings. The van der Waals surface area contributed by atoms with Crippen LogP contribution < -0.4 is 5.09 Å². The molecule has 0 bridgehead atoms. The average Bonchev–Trinajstić information content (AvgIpc) is 1.86. The average molecular weight is 116 g/mol. The van der Waals surface area contributed by atoms with Crippen LogP contribution in [0.3, 0.4) is 0 Å². The Kier molecular flexibility index (Phi) is 3.62. The van der Waals surface area contributed by atoms with Gasteiger partial charge in [0.05, 0.1) is 14.9 Å². The molecule has 1 N–H and O–H groups in total. The molecule has 0 aromatic carbocycles. The van der Waals surface area contributed by atoms with Crippen LogP contribution in [0.4, 0.5) is 0 Å². The normalized spacial score (nSPS) is 29.6. The van der Waals surface area contributed by atoms with Gasteiger partial charge in [0.2, 0.25) is 0 Å². The van der Waals surface area contributed by atoms with E-state index in [0.717, 1.165) is 13.2 Å². The van der Waals surface area contributed by atoms with E-state index in [1.54, 1.807) is 0 Å². The third-order valence-corrected chi connectivity index (χ3v) is 1.96. The maximum absolute atomic E-state index is 5.11. The van der Waals surface area contributed by atoms with Crippen molar-refractivity contribution in [3.05, 3.63) is 0 Å². The summed E-state index contributed by atoms with van der Waals surface area (Å²) in [7, 11) is -0.215. The molecule has 0 aliphatic carbocycles. The summed E-state index contributed by atoms with van der Waals surface area (Å²) in [6.07, 6.45) is 0. The summed E-state index contributed by atoms with van der Waals surface area (Å²) in [4.78, 5) is 0. The van der Waals surface area contributed by atoms with E-state index in [1.807, 2.05) is 0 Å². The smallest absolute Gasteiger partial charge is 0.0980 e.